The van der Waals surface area contributed by atoms with Crippen molar-refractivity contribution in [2.45, 2.75) is 0 Å². The first-order valence-electron chi connectivity index (χ1n) is 4.92. The molecule has 0 aliphatic rings. The molecule has 1 heterocycles. The number of benzene rings is 1. The number of nitrogens with zero attached hydrogens (tertiary/aromatic N) is 1. The van der Waals surface area contributed by atoms with E-state index in [-0.39, 0.29) is 10.1 Å². The van der Waals surface area contributed by atoms with Crippen LogP contribution in [0.15, 0.2) is 35.7 Å². The SMILES string of the molecule is N#C/C(=C(\Cl)c1ccc(Cl)c(F)c1)c1cccs1. The van der Waals surface area contributed by atoms with Crippen molar-refractivity contribution in [3.05, 3.63) is 57.0 Å². The van der Waals surface area contributed by atoms with Crippen molar-refractivity contribution in [3.8, 4) is 6.07 Å². The van der Waals surface area contributed by atoms with Gasteiger partial charge in [-0.05, 0) is 29.1 Å². The molecule has 0 atom stereocenters. The molecular formula is C13H6Cl2FNS. The minimum absolute atomic E-state index is 0.0258. The Labute approximate surface area is 118 Å². The molecule has 0 spiro atoms. The Morgan fingerprint density at radius 3 is 2.67 bits per heavy atom. The number of thiophene rings is 1. The average molecular weight is 298 g/mol. The van der Waals surface area contributed by atoms with Gasteiger partial charge in [-0.3, -0.25) is 0 Å². The van der Waals surface area contributed by atoms with Crippen molar-refractivity contribution >= 4 is 45.1 Å². The van der Waals surface area contributed by atoms with E-state index in [0.29, 0.717) is 11.1 Å². The van der Waals surface area contributed by atoms with Gasteiger partial charge >= 0.3 is 0 Å². The van der Waals surface area contributed by atoms with Crippen molar-refractivity contribution in [3.63, 3.8) is 0 Å². The molecule has 0 bridgehead atoms. The highest BCUT2D eigenvalue weighted by Gasteiger charge is 2.12. The van der Waals surface area contributed by atoms with E-state index in [2.05, 4.69) is 0 Å². The summed E-state index contributed by atoms with van der Waals surface area (Å²) in [6.45, 7) is 0. The molecule has 0 unspecified atom stereocenters. The average Bonchev–Trinajstić information content (AvgIpc) is 2.87. The fourth-order valence-electron chi connectivity index (χ4n) is 1.41. The maximum atomic E-state index is 13.4. The number of hydrogen-bond acceptors (Lipinski definition) is 2. The highest BCUT2D eigenvalue weighted by Crippen LogP contribution is 2.32. The van der Waals surface area contributed by atoms with Gasteiger partial charge in [-0.25, -0.2) is 4.39 Å². The second-order valence-electron chi connectivity index (χ2n) is 3.41. The lowest BCUT2D eigenvalue weighted by Crippen LogP contribution is -1.86. The quantitative estimate of drug-likeness (QED) is 0.701. The van der Waals surface area contributed by atoms with Gasteiger partial charge in [0.15, 0.2) is 0 Å². The fraction of sp³-hybridized carbons (Fsp3) is 0. The van der Waals surface area contributed by atoms with Crippen LogP contribution in [0.2, 0.25) is 5.02 Å². The Morgan fingerprint density at radius 1 is 1.33 bits per heavy atom. The molecule has 0 fully saturated rings. The molecule has 18 heavy (non-hydrogen) atoms. The zero-order chi connectivity index (χ0) is 13.1. The van der Waals surface area contributed by atoms with Crippen molar-refractivity contribution < 1.29 is 4.39 Å². The van der Waals surface area contributed by atoms with Crippen LogP contribution in [-0.4, -0.2) is 0 Å². The highest BCUT2D eigenvalue weighted by atomic mass is 35.5. The third kappa shape index (κ3) is 2.56. The summed E-state index contributed by atoms with van der Waals surface area (Å²) in [4.78, 5) is 0.748. The summed E-state index contributed by atoms with van der Waals surface area (Å²) in [5.74, 6) is -0.559. The molecule has 2 aromatic rings. The van der Waals surface area contributed by atoms with E-state index in [1.54, 1.807) is 12.1 Å². The van der Waals surface area contributed by atoms with E-state index in [1.807, 2.05) is 17.5 Å². The predicted molar refractivity (Wildman–Crippen MR) is 74.0 cm³/mol. The van der Waals surface area contributed by atoms with Crippen LogP contribution in [0.25, 0.3) is 10.6 Å². The Kier molecular flexibility index (Phi) is 4.03. The molecule has 0 N–H and O–H groups in total. The second kappa shape index (κ2) is 5.53. The van der Waals surface area contributed by atoms with Crippen LogP contribution in [0.3, 0.4) is 0 Å². The summed E-state index contributed by atoms with van der Waals surface area (Å²) in [6.07, 6.45) is 0. The summed E-state index contributed by atoms with van der Waals surface area (Å²) in [6, 6.07) is 9.87. The van der Waals surface area contributed by atoms with Crippen LogP contribution in [0, 0.1) is 17.1 Å². The molecule has 1 nitrogen and oxygen atoms in total. The zero-order valence-corrected chi connectivity index (χ0v) is 11.3. The molecule has 0 amide bonds. The van der Waals surface area contributed by atoms with E-state index in [0.717, 1.165) is 4.88 Å². The molecule has 0 aliphatic heterocycles. The van der Waals surface area contributed by atoms with Crippen molar-refractivity contribution in [1.82, 2.24) is 0 Å². The van der Waals surface area contributed by atoms with Gasteiger partial charge < -0.3 is 0 Å². The largest absolute Gasteiger partial charge is 0.205 e. The first kappa shape index (κ1) is 13.1. The summed E-state index contributed by atoms with van der Waals surface area (Å²) >= 11 is 13.1. The van der Waals surface area contributed by atoms with Gasteiger partial charge in [-0.2, -0.15) is 5.26 Å². The smallest absolute Gasteiger partial charge is 0.142 e. The lowest BCUT2D eigenvalue weighted by molar-refractivity contribution is 0.628. The zero-order valence-electron chi connectivity index (χ0n) is 8.95. The van der Waals surface area contributed by atoms with Crippen molar-refractivity contribution in [1.29, 1.82) is 5.26 Å². The van der Waals surface area contributed by atoms with E-state index < -0.39 is 5.82 Å². The Bertz CT molecular complexity index is 642. The molecule has 0 saturated carbocycles. The fourth-order valence-corrected chi connectivity index (χ4v) is 2.57. The minimum atomic E-state index is -0.559. The highest BCUT2D eigenvalue weighted by molar-refractivity contribution is 7.11. The summed E-state index contributed by atoms with van der Waals surface area (Å²) < 4.78 is 13.4. The van der Waals surface area contributed by atoms with E-state index >= 15 is 0 Å². The van der Waals surface area contributed by atoms with Crippen LogP contribution in [0.5, 0.6) is 0 Å². The predicted octanol–water partition coefficient (Wildman–Crippen LogP) is 5.17. The Hall–Kier alpha value is -1.34. The van der Waals surface area contributed by atoms with Gasteiger partial charge in [0.2, 0.25) is 0 Å². The van der Waals surface area contributed by atoms with Gasteiger partial charge in [-0.1, -0.05) is 35.3 Å². The van der Waals surface area contributed by atoms with Gasteiger partial charge in [0.25, 0.3) is 0 Å². The van der Waals surface area contributed by atoms with Crippen LogP contribution >= 0.6 is 34.5 Å². The van der Waals surface area contributed by atoms with E-state index in [4.69, 9.17) is 28.5 Å². The molecule has 1 aromatic heterocycles. The Morgan fingerprint density at radius 2 is 2.11 bits per heavy atom. The van der Waals surface area contributed by atoms with Gasteiger partial charge in [-0.15, -0.1) is 11.3 Å². The topological polar surface area (TPSA) is 23.8 Å². The minimum Gasteiger partial charge on any atom is -0.205 e. The molecule has 90 valence electrons. The first-order chi connectivity index (χ1) is 8.63. The number of allylic oxidation sites excluding steroid dienone is 1. The second-order valence-corrected chi connectivity index (χ2v) is 5.14. The normalized spacial score (nSPS) is 11.9. The number of halogens is 3. The molecular weight excluding hydrogens is 292 g/mol. The van der Waals surface area contributed by atoms with Crippen molar-refractivity contribution in [2.24, 2.45) is 0 Å². The molecule has 2 rings (SSSR count). The molecule has 0 radical (unpaired) electrons. The summed E-state index contributed by atoms with van der Waals surface area (Å²) in [5, 5.41) is 11.2. The lowest BCUT2D eigenvalue weighted by atomic mass is 10.1. The maximum absolute atomic E-state index is 13.4. The standard InChI is InChI=1S/C13H6Cl2FNS/c14-10-4-3-8(6-11(10)16)13(15)9(7-17)12-2-1-5-18-12/h1-6H/b13-9+. The van der Waals surface area contributed by atoms with Crippen LogP contribution < -0.4 is 0 Å². The first-order valence-corrected chi connectivity index (χ1v) is 6.56. The van der Waals surface area contributed by atoms with Crippen LogP contribution in [0.4, 0.5) is 4.39 Å². The molecule has 0 aliphatic carbocycles. The third-order valence-electron chi connectivity index (χ3n) is 2.27. The molecule has 1 aromatic carbocycles. The number of hydrogen-bond donors (Lipinski definition) is 0. The summed E-state index contributed by atoms with van der Waals surface area (Å²) in [7, 11) is 0. The third-order valence-corrected chi connectivity index (χ3v) is 3.87. The van der Waals surface area contributed by atoms with Gasteiger partial charge in [0.1, 0.15) is 11.9 Å². The van der Waals surface area contributed by atoms with Gasteiger partial charge in [0, 0.05) is 4.88 Å². The molecule has 5 heteroatoms. The summed E-state index contributed by atoms with van der Waals surface area (Å²) in [5.41, 5.74) is 0.761. The van der Waals surface area contributed by atoms with Crippen LogP contribution in [-0.2, 0) is 0 Å². The monoisotopic (exact) mass is 297 g/mol. The Balaban J connectivity index is 2.54. The number of nitriles is 1. The maximum Gasteiger partial charge on any atom is 0.142 e. The lowest BCUT2D eigenvalue weighted by Gasteiger charge is -2.03. The van der Waals surface area contributed by atoms with Crippen LogP contribution in [0.1, 0.15) is 10.4 Å². The van der Waals surface area contributed by atoms with E-state index in [1.165, 1.54) is 23.5 Å². The number of rotatable bonds is 2. The van der Waals surface area contributed by atoms with Gasteiger partial charge in [0.05, 0.1) is 15.6 Å². The van der Waals surface area contributed by atoms with E-state index in [9.17, 15) is 4.39 Å². The van der Waals surface area contributed by atoms with Crippen molar-refractivity contribution in [2.75, 3.05) is 0 Å². The molecule has 0 saturated heterocycles.